The lowest BCUT2D eigenvalue weighted by Crippen LogP contribution is -2.33. The first-order chi connectivity index (χ1) is 28.8. The molecule has 0 saturated heterocycles. The van der Waals surface area contributed by atoms with E-state index >= 15 is 0 Å². The number of benzene rings is 8. The minimum absolute atomic E-state index is 0.133. The van der Waals surface area contributed by atoms with E-state index in [-0.39, 0.29) is 12.1 Å². The number of hydrogen-bond acceptors (Lipinski definition) is 2. The Balaban J connectivity index is 0.997. The highest BCUT2D eigenvalue weighted by Crippen LogP contribution is 2.42. The summed E-state index contributed by atoms with van der Waals surface area (Å²) in [7, 11) is 0. The number of anilines is 1. The Hall–Kier alpha value is -7.43. The number of rotatable bonds is 5. The molecule has 4 heteroatoms. The zero-order valence-electron chi connectivity index (χ0n) is 31.8. The lowest BCUT2D eigenvalue weighted by atomic mass is 9.90. The third-order valence-electron chi connectivity index (χ3n) is 12.2. The highest BCUT2D eigenvalue weighted by atomic mass is 15.1. The van der Waals surface area contributed by atoms with E-state index in [0.29, 0.717) is 0 Å². The molecule has 1 aliphatic heterocycles. The molecule has 2 aliphatic rings. The largest absolute Gasteiger partial charge is 0.362 e. The maximum absolute atomic E-state index is 5.49. The molecule has 2 atom stereocenters. The van der Waals surface area contributed by atoms with E-state index in [4.69, 9.17) is 4.99 Å². The maximum atomic E-state index is 5.49. The van der Waals surface area contributed by atoms with Crippen LogP contribution in [0.2, 0.25) is 0 Å². The molecule has 0 amide bonds. The molecule has 2 aromatic heterocycles. The molecule has 10 aromatic rings. The topological polar surface area (TPSA) is 34.2 Å². The standard InChI is InChI=1S/C54H38N4/c1-3-16-36(17-4-1)52-45-31-29-35-15-7-8-22-42(35)53(45)56-54(55-52)38-18-13-21-40(33-38)58-47-26-11-9-23-43(47)46-34-37(30-32-49(46)58)41-25-14-28-50-51(41)44-24-10-12-27-48(44)57(50)39-19-5-2-6-20-39/h1-17,19-34,38,54,56H,18H2. The van der Waals surface area contributed by atoms with Gasteiger partial charge in [0.2, 0.25) is 0 Å². The van der Waals surface area contributed by atoms with Gasteiger partial charge in [0, 0.05) is 55.4 Å². The number of allylic oxidation sites excluding steroid dienone is 3. The number of nitrogens with zero attached hydrogens (tertiary/aromatic N) is 3. The van der Waals surface area contributed by atoms with Gasteiger partial charge in [-0.05, 0) is 71.5 Å². The molecule has 0 fully saturated rings. The van der Waals surface area contributed by atoms with Crippen molar-refractivity contribution in [2.24, 2.45) is 10.9 Å². The van der Waals surface area contributed by atoms with E-state index in [1.54, 1.807) is 0 Å². The summed E-state index contributed by atoms with van der Waals surface area (Å²) in [6, 6.07) is 65.9. The van der Waals surface area contributed by atoms with Crippen molar-refractivity contribution in [1.29, 1.82) is 0 Å². The van der Waals surface area contributed by atoms with Gasteiger partial charge in [0.1, 0.15) is 6.17 Å². The van der Waals surface area contributed by atoms with Gasteiger partial charge in [0.15, 0.2) is 0 Å². The summed E-state index contributed by atoms with van der Waals surface area (Å²) in [5, 5.41) is 11.4. The Kier molecular flexibility index (Phi) is 7.39. The van der Waals surface area contributed by atoms with Crippen LogP contribution >= 0.6 is 0 Å². The van der Waals surface area contributed by atoms with Gasteiger partial charge in [-0.15, -0.1) is 0 Å². The third-order valence-corrected chi connectivity index (χ3v) is 12.2. The third kappa shape index (κ3) is 5.05. The molecule has 0 saturated carbocycles. The van der Waals surface area contributed by atoms with Crippen LogP contribution in [0.5, 0.6) is 0 Å². The molecule has 4 nitrogen and oxygen atoms in total. The summed E-state index contributed by atoms with van der Waals surface area (Å²) in [6.45, 7) is 0. The molecule has 0 bridgehead atoms. The molecule has 12 rings (SSSR count). The first kappa shape index (κ1) is 32.8. The average molecular weight is 743 g/mol. The number of fused-ring (bicyclic) bond motifs is 9. The van der Waals surface area contributed by atoms with E-state index in [0.717, 1.165) is 28.9 Å². The van der Waals surface area contributed by atoms with Crippen molar-refractivity contribution in [3.05, 3.63) is 211 Å². The molecule has 8 aromatic carbocycles. The average Bonchev–Trinajstić information content (AvgIpc) is 3.82. The second-order valence-corrected chi connectivity index (χ2v) is 15.5. The van der Waals surface area contributed by atoms with Crippen molar-refractivity contribution in [3.8, 4) is 16.8 Å². The van der Waals surface area contributed by atoms with E-state index < -0.39 is 0 Å². The number of para-hydroxylation sites is 3. The van der Waals surface area contributed by atoms with Crippen LogP contribution in [-0.4, -0.2) is 21.0 Å². The summed E-state index contributed by atoms with van der Waals surface area (Å²) in [4.78, 5) is 5.49. The summed E-state index contributed by atoms with van der Waals surface area (Å²) < 4.78 is 4.85. The SMILES string of the molecule is C1=CC(n2c3ccccc3c3cc(-c4cccc5c4c4ccccc4n5-c4ccccc4)ccc32)=CC(C2N=C(c3ccccc3)c3ccc4ccccc4c3N2)C1. The molecular weight excluding hydrogens is 705 g/mol. The lowest BCUT2D eigenvalue weighted by Gasteiger charge is -2.32. The summed E-state index contributed by atoms with van der Waals surface area (Å²) >= 11 is 0. The first-order valence-electron chi connectivity index (χ1n) is 20.2. The Morgan fingerprint density at radius 3 is 2.03 bits per heavy atom. The summed E-state index contributed by atoms with van der Waals surface area (Å²) in [5.74, 6) is 0.140. The zero-order valence-corrected chi connectivity index (χ0v) is 31.8. The minimum atomic E-state index is -0.133. The van der Waals surface area contributed by atoms with Crippen molar-refractivity contribution < 1.29 is 0 Å². The second kappa shape index (κ2) is 13.1. The molecule has 274 valence electrons. The molecule has 58 heavy (non-hydrogen) atoms. The normalized spacial score (nSPS) is 16.5. The van der Waals surface area contributed by atoms with Gasteiger partial charge in [0.25, 0.3) is 0 Å². The van der Waals surface area contributed by atoms with Crippen LogP contribution < -0.4 is 5.32 Å². The van der Waals surface area contributed by atoms with E-state index in [2.05, 4.69) is 215 Å². The fourth-order valence-electron chi connectivity index (χ4n) is 9.63. The fourth-order valence-corrected chi connectivity index (χ4v) is 9.63. The summed E-state index contributed by atoms with van der Waals surface area (Å²) in [6.07, 6.45) is 7.83. The predicted molar refractivity (Wildman–Crippen MR) is 244 cm³/mol. The molecule has 0 radical (unpaired) electrons. The monoisotopic (exact) mass is 742 g/mol. The lowest BCUT2D eigenvalue weighted by molar-refractivity contribution is 0.549. The van der Waals surface area contributed by atoms with Gasteiger partial charge >= 0.3 is 0 Å². The number of hydrogen-bond donors (Lipinski definition) is 1. The van der Waals surface area contributed by atoms with Crippen molar-refractivity contribution in [2.45, 2.75) is 12.6 Å². The molecule has 3 heterocycles. The molecule has 2 unspecified atom stereocenters. The van der Waals surface area contributed by atoms with Gasteiger partial charge in [-0.3, -0.25) is 4.99 Å². The Bertz CT molecular complexity index is 3340. The van der Waals surface area contributed by atoms with Crippen molar-refractivity contribution in [2.75, 3.05) is 5.32 Å². The van der Waals surface area contributed by atoms with E-state index in [1.807, 2.05) is 0 Å². The van der Waals surface area contributed by atoms with Gasteiger partial charge in [0.05, 0.1) is 33.5 Å². The van der Waals surface area contributed by atoms with Crippen molar-refractivity contribution >= 4 is 71.5 Å². The van der Waals surface area contributed by atoms with Crippen LogP contribution in [0, 0.1) is 5.92 Å². The first-order valence-corrected chi connectivity index (χ1v) is 20.2. The van der Waals surface area contributed by atoms with E-state index in [9.17, 15) is 0 Å². The highest BCUT2D eigenvalue weighted by Gasteiger charge is 2.29. The molecule has 0 spiro atoms. The van der Waals surface area contributed by atoms with Crippen LogP contribution in [0.1, 0.15) is 17.5 Å². The Labute approximate surface area is 336 Å². The zero-order chi connectivity index (χ0) is 38.2. The predicted octanol–water partition coefficient (Wildman–Crippen LogP) is 13.4. The maximum Gasteiger partial charge on any atom is 0.126 e. The fraction of sp³-hybridized carbons (Fsp3) is 0.0556. The molecule has 1 aliphatic carbocycles. The van der Waals surface area contributed by atoms with Crippen LogP contribution in [0.4, 0.5) is 5.69 Å². The van der Waals surface area contributed by atoms with E-state index in [1.165, 1.54) is 76.9 Å². The number of aliphatic imine (C=N–C) groups is 1. The van der Waals surface area contributed by atoms with Gasteiger partial charge in [-0.1, -0.05) is 152 Å². The molecule has 1 N–H and O–H groups in total. The smallest absolute Gasteiger partial charge is 0.126 e. The Morgan fingerprint density at radius 2 is 1.19 bits per heavy atom. The van der Waals surface area contributed by atoms with Crippen LogP contribution in [-0.2, 0) is 0 Å². The van der Waals surface area contributed by atoms with Crippen LogP contribution in [0.25, 0.3) is 76.9 Å². The summed E-state index contributed by atoms with van der Waals surface area (Å²) in [5.41, 5.74) is 14.1. The van der Waals surface area contributed by atoms with Gasteiger partial charge in [-0.25, -0.2) is 0 Å². The molecular formula is C54H38N4. The van der Waals surface area contributed by atoms with Crippen molar-refractivity contribution in [3.63, 3.8) is 0 Å². The Morgan fingerprint density at radius 1 is 0.500 bits per heavy atom. The quantitative estimate of drug-likeness (QED) is 0.187. The number of aromatic nitrogens is 2. The highest BCUT2D eigenvalue weighted by molar-refractivity contribution is 6.21. The van der Waals surface area contributed by atoms with Gasteiger partial charge < -0.3 is 14.5 Å². The van der Waals surface area contributed by atoms with Crippen molar-refractivity contribution in [1.82, 2.24) is 9.13 Å². The van der Waals surface area contributed by atoms with Crippen LogP contribution in [0.15, 0.2) is 205 Å². The van der Waals surface area contributed by atoms with Crippen LogP contribution in [0.3, 0.4) is 0 Å². The second-order valence-electron chi connectivity index (χ2n) is 15.5. The number of nitrogens with one attached hydrogen (secondary N) is 1. The van der Waals surface area contributed by atoms with Gasteiger partial charge in [-0.2, -0.15) is 0 Å². The minimum Gasteiger partial charge on any atom is -0.362 e.